The molecule has 0 spiro atoms. The minimum atomic E-state index is -4.44. The summed E-state index contributed by atoms with van der Waals surface area (Å²) in [6, 6.07) is 19.0. The van der Waals surface area contributed by atoms with Crippen LogP contribution in [0.15, 0.2) is 72.8 Å². The van der Waals surface area contributed by atoms with Crippen LogP contribution in [0.5, 0.6) is 11.8 Å². The number of alkyl halides is 3. The molecule has 0 saturated carbocycles. The molecule has 0 fully saturated rings. The van der Waals surface area contributed by atoms with Crippen LogP contribution >= 0.6 is 0 Å². The lowest BCUT2D eigenvalue weighted by atomic mass is 10.1. The number of methoxy groups -OCH3 is 1. The van der Waals surface area contributed by atoms with Crippen molar-refractivity contribution >= 4 is 11.6 Å². The van der Waals surface area contributed by atoms with Crippen LogP contribution in [0.1, 0.15) is 25.0 Å². The van der Waals surface area contributed by atoms with Crippen LogP contribution in [-0.2, 0) is 17.4 Å². The summed E-state index contributed by atoms with van der Waals surface area (Å²) >= 11 is 0. The molecule has 1 aromatic heterocycles. The second-order valence-corrected chi connectivity index (χ2v) is 9.03. The molecule has 10 heteroatoms. The van der Waals surface area contributed by atoms with Crippen LogP contribution in [0, 0.1) is 5.92 Å². The molecule has 1 amide bonds. The van der Waals surface area contributed by atoms with Gasteiger partial charge in [-0.25, -0.2) is 4.68 Å². The fourth-order valence-corrected chi connectivity index (χ4v) is 3.59. The van der Waals surface area contributed by atoms with Gasteiger partial charge in [0, 0.05) is 11.3 Å². The summed E-state index contributed by atoms with van der Waals surface area (Å²) in [4.78, 5) is 16.9. The first-order valence-corrected chi connectivity index (χ1v) is 11.9. The number of aromatic nitrogens is 3. The van der Waals surface area contributed by atoms with E-state index in [1.807, 2.05) is 26.0 Å². The van der Waals surface area contributed by atoms with Crippen LogP contribution in [0.4, 0.5) is 18.9 Å². The van der Waals surface area contributed by atoms with E-state index in [2.05, 4.69) is 15.4 Å². The smallest absolute Gasteiger partial charge is 0.416 e. The SMILES string of the molecule is COc1ccc(CC(=O)Nc2ccc(-n3nc(OCC(C)C)nc3-c3ccc(C(F)(F)F)cc3)cc2)cc1. The number of nitrogens with one attached hydrogen (secondary N) is 1. The van der Waals surface area contributed by atoms with Gasteiger partial charge in [-0.15, -0.1) is 5.10 Å². The molecule has 0 bridgehead atoms. The Kier molecular flexibility index (Phi) is 7.99. The number of hydrogen-bond donors (Lipinski definition) is 1. The monoisotopic (exact) mass is 524 g/mol. The number of benzene rings is 3. The summed E-state index contributed by atoms with van der Waals surface area (Å²) < 4.78 is 51.4. The average Bonchev–Trinajstić information content (AvgIpc) is 3.32. The lowest BCUT2D eigenvalue weighted by Crippen LogP contribution is -2.14. The summed E-state index contributed by atoms with van der Waals surface area (Å²) in [6.07, 6.45) is -4.24. The molecule has 0 aliphatic heterocycles. The zero-order valence-corrected chi connectivity index (χ0v) is 21.1. The van der Waals surface area contributed by atoms with Gasteiger partial charge in [-0.3, -0.25) is 4.79 Å². The van der Waals surface area contributed by atoms with Crippen molar-refractivity contribution in [3.05, 3.63) is 83.9 Å². The average molecular weight is 525 g/mol. The van der Waals surface area contributed by atoms with Crippen molar-refractivity contribution in [2.24, 2.45) is 5.92 Å². The first-order chi connectivity index (χ1) is 18.1. The highest BCUT2D eigenvalue weighted by Gasteiger charge is 2.30. The van der Waals surface area contributed by atoms with Crippen molar-refractivity contribution in [1.29, 1.82) is 0 Å². The van der Waals surface area contributed by atoms with E-state index in [-0.39, 0.29) is 24.3 Å². The third kappa shape index (κ3) is 6.70. The van der Waals surface area contributed by atoms with Crippen LogP contribution < -0.4 is 14.8 Å². The minimum Gasteiger partial charge on any atom is -0.497 e. The Labute approximate surface area is 218 Å². The first-order valence-electron chi connectivity index (χ1n) is 11.9. The van der Waals surface area contributed by atoms with Gasteiger partial charge in [0.25, 0.3) is 0 Å². The van der Waals surface area contributed by atoms with Crippen molar-refractivity contribution in [3.63, 3.8) is 0 Å². The fraction of sp³-hybridized carbons (Fsp3) is 0.250. The molecule has 0 saturated heterocycles. The topological polar surface area (TPSA) is 78.3 Å². The second-order valence-electron chi connectivity index (χ2n) is 9.03. The number of nitrogens with zero attached hydrogens (tertiary/aromatic N) is 3. The molecule has 1 heterocycles. The van der Waals surface area contributed by atoms with Crippen LogP contribution in [0.2, 0.25) is 0 Å². The normalized spacial score (nSPS) is 11.4. The summed E-state index contributed by atoms with van der Waals surface area (Å²) in [7, 11) is 1.58. The second kappa shape index (κ2) is 11.4. The summed E-state index contributed by atoms with van der Waals surface area (Å²) in [5, 5.41) is 7.28. The van der Waals surface area contributed by atoms with E-state index < -0.39 is 11.7 Å². The van der Waals surface area contributed by atoms with Crippen LogP contribution in [0.25, 0.3) is 17.1 Å². The molecule has 0 aliphatic rings. The van der Waals surface area contributed by atoms with E-state index in [1.165, 1.54) is 16.8 Å². The maximum Gasteiger partial charge on any atom is 0.416 e. The molecule has 38 heavy (non-hydrogen) atoms. The fourth-order valence-electron chi connectivity index (χ4n) is 3.59. The Morgan fingerprint density at radius 1 is 0.974 bits per heavy atom. The highest BCUT2D eigenvalue weighted by atomic mass is 19.4. The zero-order valence-electron chi connectivity index (χ0n) is 21.1. The molecule has 0 unspecified atom stereocenters. The number of carbonyl (C=O) groups is 1. The lowest BCUT2D eigenvalue weighted by molar-refractivity contribution is -0.137. The van der Waals surface area contributed by atoms with E-state index in [0.717, 1.165) is 17.7 Å². The lowest BCUT2D eigenvalue weighted by Gasteiger charge is -2.10. The number of carbonyl (C=O) groups excluding carboxylic acids is 1. The minimum absolute atomic E-state index is 0.116. The number of anilines is 1. The molecular formula is C28H27F3N4O3. The predicted octanol–water partition coefficient (Wildman–Crippen LogP) is 6.18. The van der Waals surface area contributed by atoms with E-state index in [9.17, 15) is 18.0 Å². The quantitative estimate of drug-likeness (QED) is 0.283. The molecule has 198 valence electrons. The van der Waals surface area contributed by atoms with Gasteiger partial charge in [-0.1, -0.05) is 38.1 Å². The van der Waals surface area contributed by atoms with E-state index in [0.29, 0.717) is 35.1 Å². The molecule has 4 aromatic rings. The van der Waals surface area contributed by atoms with Crippen LogP contribution in [-0.4, -0.2) is 34.4 Å². The predicted molar refractivity (Wildman–Crippen MR) is 137 cm³/mol. The molecule has 3 aromatic carbocycles. The number of amides is 1. The molecule has 4 rings (SSSR count). The van der Waals surface area contributed by atoms with E-state index >= 15 is 0 Å². The Morgan fingerprint density at radius 3 is 2.21 bits per heavy atom. The number of hydrogen-bond acceptors (Lipinski definition) is 5. The third-order valence-electron chi connectivity index (χ3n) is 5.52. The van der Waals surface area contributed by atoms with Gasteiger partial charge in [0.15, 0.2) is 5.82 Å². The van der Waals surface area contributed by atoms with Gasteiger partial charge >= 0.3 is 12.2 Å². The molecule has 0 aliphatic carbocycles. The summed E-state index contributed by atoms with van der Waals surface area (Å²) in [5.74, 6) is 1.09. The maximum absolute atomic E-state index is 13.0. The Morgan fingerprint density at radius 2 is 1.63 bits per heavy atom. The summed E-state index contributed by atoms with van der Waals surface area (Å²) in [5.41, 5.74) is 1.72. The van der Waals surface area contributed by atoms with Crippen molar-refractivity contribution in [1.82, 2.24) is 14.8 Å². The number of rotatable bonds is 9. The van der Waals surface area contributed by atoms with Gasteiger partial charge in [-0.2, -0.15) is 18.2 Å². The maximum atomic E-state index is 13.0. The molecule has 0 atom stereocenters. The van der Waals surface area contributed by atoms with E-state index in [1.54, 1.807) is 43.5 Å². The largest absolute Gasteiger partial charge is 0.497 e. The Bertz CT molecular complexity index is 1360. The molecule has 0 radical (unpaired) electrons. The van der Waals surface area contributed by atoms with Crippen molar-refractivity contribution in [3.8, 4) is 28.8 Å². The van der Waals surface area contributed by atoms with Gasteiger partial charge in [0.05, 0.1) is 31.4 Å². The molecular weight excluding hydrogens is 497 g/mol. The Balaban J connectivity index is 1.54. The number of ether oxygens (including phenoxy) is 2. The van der Waals surface area contributed by atoms with Gasteiger partial charge in [0.1, 0.15) is 5.75 Å². The number of halogens is 3. The standard InChI is InChI=1S/C28H27F3N4O3/c1-18(2)17-38-27-33-26(20-6-8-21(9-7-20)28(29,30)31)35(34-27)23-12-10-22(11-13-23)32-25(36)16-19-4-14-24(37-3)15-5-19/h4-15,18H,16-17H2,1-3H3,(H,32,36). The third-order valence-corrected chi connectivity index (χ3v) is 5.52. The van der Waals surface area contributed by atoms with Gasteiger partial charge in [-0.05, 0) is 60.0 Å². The molecule has 1 N–H and O–H groups in total. The highest BCUT2D eigenvalue weighted by molar-refractivity contribution is 5.92. The van der Waals surface area contributed by atoms with E-state index in [4.69, 9.17) is 9.47 Å². The van der Waals surface area contributed by atoms with Gasteiger partial charge in [0.2, 0.25) is 5.91 Å². The van der Waals surface area contributed by atoms with Crippen molar-refractivity contribution in [2.75, 3.05) is 19.0 Å². The zero-order chi connectivity index (χ0) is 27.3. The highest BCUT2D eigenvalue weighted by Crippen LogP contribution is 2.31. The van der Waals surface area contributed by atoms with Crippen molar-refractivity contribution in [2.45, 2.75) is 26.4 Å². The molecule has 7 nitrogen and oxygen atoms in total. The Hall–Kier alpha value is -4.34. The summed E-state index contributed by atoms with van der Waals surface area (Å²) in [6.45, 7) is 4.35. The first kappa shape index (κ1) is 26.7. The van der Waals surface area contributed by atoms with Crippen LogP contribution in [0.3, 0.4) is 0 Å². The van der Waals surface area contributed by atoms with Crippen molar-refractivity contribution < 1.29 is 27.4 Å². The van der Waals surface area contributed by atoms with Gasteiger partial charge < -0.3 is 14.8 Å².